The molecule has 26 heavy (non-hydrogen) atoms. The summed E-state index contributed by atoms with van der Waals surface area (Å²) in [7, 11) is 0. The van der Waals surface area contributed by atoms with Crippen LogP contribution in [0.15, 0.2) is 24.5 Å². The van der Waals surface area contributed by atoms with Crippen molar-refractivity contribution in [3.8, 4) is 11.4 Å². The summed E-state index contributed by atoms with van der Waals surface area (Å²) in [5, 5.41) is 10.9. The van der Waals surface area contributed by atoms with Gasteiger partial charge in [-0.2, -0.15) is 0 Å². The van der Waals surface area contributed by atoms with Gasteiger partial charge in [0.25, 0.3) is 0 Å². The van der Waals surface area contributed by atoms with E-state index < -0.39 is 0 Å². The molecule has 0 bridgehead atoms. The second-order valence-electron chi connectivity index (χ2n) is 7.29. The molecular formula is C20H22N4OS. The van der Waals surface area contributed by atoms with E-state index in [4.69, 9.17) is 9.97 Å². The Labute approximate surface area is 156 Å². The first kappa shape index (κ1) is 16.1. The van der Waals surface area contributed by atoms with E-state index in [9.17, 15) is 5.11 Å². The van der Waals surface area contributed by atoms with Crippen molar-refractivity contribution in [1.29, 1.82) is 0 Å². The van der Waals surface area contributed by atoms with Gasteiger partial charge in [-0.15, -0.1) is 11.3 Å². The van der Waals surface area contributed by atoms with Gasteiger partial charge in [0, 0.05) is 42.5 Å². The van der Waals surface area contributed by atoms with Gasteiger partial charge in [-0.3, -0.25) is 4.98 Å². The number of piperidine rings is 1. The van der Waals surface area contributed by atoms with Gasteiger partial charge in [-0.05, 0) is 55.7 Å². The highest BCUT2D eigenvalue weighted by molar-refractivity contribution is 7.19. The molecule has 1 N–H and O–H groups in total. The number of fused-ring (bicyclic) bond motifs is 3. The zero-order valence-electron chi connectivity index (χ0n) is 14.7. The molecule has 0 amide bonds. The van der Waals surface area contributed by atoms with Crippen molar-refractivity contribution in [3.05, 3.63) is 35.0 Å². The van der Waals surface area contributed by atoms with Crippen LogP contribution in [0.5, 0.6) is 0 Å². The third-order valence-electron chi connectivity index (χ3n) is 5.54. The molecule has 0 aromatic carbocycles. The molecule has 3 aromatic heterocycles. The summed E-state index contributed by atoms with van der Waals surface area (Å²) < 4.78 is 0. The Morgan fingerprint density at radius 2 is 2.19 bits per heavy atom. The monoisotopic (exact) mass is 366 g/mol. The number of rotatable bonds is 3. The van der Waals surface area contributed by atoms with Crippen LogP contribution in [0.2, 0.25) is 0 Å². The standard InChI is InChI=1S/C20H22N4OS/c25-12-13-4-3-9-24(11-13)19-17-15-6-1-7-16(15)26-20(17)23-18(22-19)14-5-2-8-21-10-14/h2,5,8,10,13,25H,1,3-4,6-7,9,11-12H2/t13-/m0/s1. The van der Waals surface area contributed by atoms with Crippen molar-refractivity contribution in [3.63, 3.8) is 0 Å². The Balaban J connectivity index is 1.68. The van der Waals surface area contributed by atoms with E-state index in [2.05, 4.69) is 9.88 Å². The predicted molar refractivity (Wildman–Crippen MR) is 105 cm³/mol. The van der Waals surface area contributed by atoms with Crippen LogP contribution in [0.25, 0.3) is 21.6 Å². The molecule has 0 saturated carbocycles. The molecule has 4 heterocycles. The predicted octanol–water partition coefficient (Wildman–Crippen LogP) is 3.45. The first-order valence-corrected chi connectivity index (χ1v) is 10.2. The van der Waals surface area contributed by atoms with Crippen LogP contribution < -0.4 is 4.90 Å². The Hall–Kier alpha value is -2.05. The van der Waals surface area contributed by atoms with Crippen molar-refractivity contribution in [2.75, 3.05) is 24.6 Å². The minimum absolute atomic E-state index is 0.252. The lowest BCUT2D eigenvalue weighted by Gasteiger charge is -2.33. The molecule has 6 heteroatoms. The Bertz CT molecular complexity index is 940. The second kappa shape index (κ2) is 6.59. The van der Waals surface area contributed by atoms with Crippen LogP contribution in [0.1, 0.15) is 29.7 Å². The lowest BCUT2D eigenvalue weighted by molar-refractivity contribution is 0.208. The van der Waals surface area contributed by atoms with Gasteiger partial charge in [0.2, 0.25) is 0 Å². The number of hydrogen-bond donors (Lipinski definition) is 1. The minimum Gasteiger partial charge on any atom is -0.396 e. The largest absolute Gasteiger partial charge is 0.396 e. The fourth-order valence-corrected chi connectivity index (χ4v) is 5.49. The molecule has 5 rings (SSSR count). The quantitative estimate of drug-likeness (QED) is 0.769. The van der Waals surface area contributed by atoms with Crippen LogP contribution in [0.3, 0.4) is 0 Å². The molecular weight excluding hydrogens is 344 g/mol. The molecule has 1 saturated heterocycles. The van der Waals surface area contributed by atoms with Crippen molar-refractivity contribution in [1.82, 2.24) is 15.0 Å². The molecule has 1 aliphatic carbocycles. The van der Waals surface area contributed by atoms with Crippen LogP contribution in [-0.2, 0) is 12.8 Å². The Kier molecular flexibility index (Phi) is 4.10. The highest BCUT2D eigenvalue weighted by Gasteiger charge is 2.27. The topological polar surface area (TPSA) is 62.1 Å². The molecule has 3 aromatic rings. The van der Waals surface area contributed by atoms with Crippen molar-refractivity contribution < 1.29 is 5.11 Å². The van der Waals surface area contributed by atoms with Crippen molar-refractivity contribution >= 4 is 27.4 Å². The van der Waals surface area contributed by atoms with Gasteiger partial charge in [-0.25, -0.2) is 9.97 Å². The number of aryl methyl sites for hydroxylation is 2. The van der Waals surface area contributed by atoms with E-state index in [0.717, 1.165) is 60.8 Å². The number of anilines is 1. The average Bonchev–Trinajstić information content (AvgIpc) is 3.29. The van der Waals surface area contributed by atoms with Crippen molar-refractivity contribution in [2.24, 2.45) is 5.92 Å². The Morgan fingerprint density at radius 3 is 3.04 bits per heavy atom. The van der Waals surface area contributed by atoms with E-state index in [1.807, 2.05) is 29.7 Å². The highest BCUT2D eigenvalue weighted by atomic mass is 32.1. The summed E-state index contributed by atoms with van der Waals surface area (Å²) in [6.07, 6.45) is 9.34. The zero-order valence-corrected chi connectivity index (χ0v) is 15.5. The summed E-state index contributed by atoms with van der Waals surface area (Å²) in [6.45, 7) is 2.13. The summed E-state index contributed by atoms with van der Waals surface area (Å²) >= 11 is 1.83. The van der Waals surface area contributed by atoms with E-state index in [1.165, 1.54) is 22.2 Å². The number of aromatic nitrogens is 3. The van der Waals surface area contributed by atoms with Gasteiger partial charge in [0.05, 0.1) is 5.39 Å². The van der Waals surface area contributed by atoms with Crippen LogP contribution >= 0.6 is 11.3 Å². The van der Waals surface area contributed by atoms with E-state index in [0.29, 0.717) is 5.92 Å². The number of aliphatic hydroxyl groups is 1. The summed E-state index contributed by atoms with van der Waals surface area (Å²) in [6, 6.07) is 3.95. The number of pyridine rings is 1. The van der Waals surface area contributed by atoms with Gasteiger partial charge >= 0.3 is 0 Å². The molecule has 1 fully saturated rings. The highest BCUT2D eigenvalue weighted by Crippen LogP contribution is 2.42. The lowest BCUT2D eigenvalue weighted by atomic mass is 9.98. The van der Waals surface area contributed by atoms with Gasteiger partial charge in [0.15, 0.2) is 5.82 Å². The first-order valence-electron chi connectivity index (χ1n) is 9.42. The summed E-state index contributed by atoms with van der Waals surface area (Å²) in [5.41, 5.74) is 2.42. The number of thiophene rings is 1. The zero-order chi connectivity index (χ0) is 17.5. The molecule has 134 valence electrons. The van der Waals surface area contributed by atoms with Gasteiger partial charge < -0.3 is 10.0 Å². The summed E-state index contributed by atoms with van der Waals surface area (Å²) in [4.78, 5) is 19.1. The van der Waals surface area contributed by atoms with Gasteiger partial charge in [-0.1, -0.05) is 0 Å². The third-order valence-corrected chi connectivity index (χ3v) is 6.73. The van der Waals surface area contributed by atoms with Gasteiger partial charge in [0.1, 0.15) is 10.6 Å². The molecule has 5 nitrogen and oxygen atoms in total. The molecule has 0 spiro atoms. The summed E-state index contributed by atoms with van der Waals surface area (Å²) in [5.74, 6) is 2.15. The van der Waals surface area contributed by atoms with Crippen molar-refractivity contribution in [2.45, 2.75) is 32.1 Å². The smallest absolute Gasteiger partial charge is 0.164 e. The fourth-order valence-electron chi connectivity index (χ4n) is 4.24. The SMILES string of the molecule is OC[C@H]1CCCN(c2nc(-c3cccnc3)nc3sc4c(c23)CCC4)C1. The Morgan fingerprint density at radius 1 is 1.23 bits per heavy atom. The maximum atomic E-state index is 9.65. The van der Waals surface area contributed by atoms with E-state index in [1.54, 1.807) is 6.20 Å². The minimum atomic E-state index is 0.252. The van der Waals surface area contributed by atoms with Crippen LogP contribution in [0, 0.1) is 5.92 Å². The fraction of sp³-hybridized carbons (Fsp3) is 0.450. The molecule has 0 radical (unpaired) electrons. The average molecular weight is 366 g/mol. The maximum Gasteiger partial charge on any atom is 0.164 e. The number of hydrogen-bond acceptors (Lipinski definition) is 6. The van der Waals surface area contributed by atoms with Crippen LogP contribution in [-0.4, -0.2) is 39.8 Å². The lowest BCUT2D eigenvalue weighted by Crippen LogP contribution is -2.37. The maximum absolute atomic E-state index is 9.65. The van der Waals surface area contributed by atoms with E-state index >= 15 is 0 Å². The van der Waals surface area contributed by atoms with E-state index in [-0.39, 0.29) is 6.61 Å². The molecule has 1 aliphatic heterocycles. The molecule has 2 aliphatic rings. The normalized spacial score (nSPS) is 19.9. The molecule has 1 atom stereocenters. The second-order valence-corrected chi connectivity index (χ2v) is 8.37. The molecule has 0 unspecified atom stereocenters. The number of aliphatic hydroxyl groups excluding tert-OH is 1. The van der Waals surface area contributed by atoms with Crippen LogP contribution in [0.4, 0.5) is 5.82 Å². The number of nitrogens with zero attached hydrogens (tertiary/aromatic N) is 4. The third kappa shape index (κ3) is 2.68. The first-order chi connectivity index (χ1) is 12.8.